The highest BCUT2D eigenvalue weighted by atomic mass is 16.5. The van der Waals surface area contributed by atoms with Crippen LogP contribution in [0.5, 0.6) is 0 Å². The molecule has 82 valence electrons. The Balaban J connectivity index is 2.34. The molecule has 1 fully saturated rings. The van der Waals surface area contributed by atoms with Gasteiger partial charge < -0.3 is 9.64 Å². The third kappa shape index (κ3) is 3.29. The summed E-state index contributed by atoms with van der Waals surface area (Å²) in [7, 11) is 2.11. The van der Waals surface area contributed by atoms with Crippen LogP contribution < -0.4 is 0 Å². The fourth-order valence-corrected chi connectivity index (χ4v) is 2.27. The highest BCUT2D eigenvalue weighted by Crippen LogP contribution is 2.25. The molecule has 14 heavy (non-hydrogen) atoms. The Hall–Kier alpha value is -0.570. The fourth-order valence-electron chi connectivity index (χ4n) is 2.27. The Kier molecular flexibility index (Phi) is 4.94. The predicted molar refractivity (Wildman–Crippen MR) is 56.1 cm³/mol. The Labute approximate surface area is 86.4 Å². The number of hydrogen-bond donors (Lipinski definition) is 0. The Morgan fingerprint density at radius 3 is 3.00 bits per heavy atom. The van der Waals surface area contributed by atoms with Crippen molar-refractivity contribution >= 4 is 6.47 Å². The van der Waals surface area contributed by atoms with Gasteiger partial charge >= 0.3 is 0 Å². The summed E-state index contributed by atoms with van der Waals surface area (Å²) in [6, 6.07) is 0.436. The zero-order valence-electron chi connectivity index (χ0n) is 9.24. The van der Waals surface area contributed by atoms with Crippen LogP contribution in [0, 0.1) is 5.92 Å². The molecular formula is C11H21NO2. The number of hydrogen-bond acceptors (Lipinski definition) is 3. The normalized spacial score (nSPS) is 28.7. The van der Waals surface area contributed by atoms with Gasteiger partial charge in [0.05, 0.1) is 0 Å². The molecule has 1 saturated heterocycles. The molecule has 2 atom stereocenters. The molecule has 3 heteroatoms. The van der Waals surface area contributed by atoms with Crippen LogP contribution in [0.2, 0.25) is 0 Å². The van der Waals surface area contributed by atoms with Crippen molar-refractivity contribution in [2.45, 2.75) is 38.6 Å². The summed E-state index contributed by atoms with van der Waals surface area (Å²) in [5.74, 6) is 0.830. The second-order valence-electron chi connectivity index (χ2n) is 4.24. The maximum absolute atomic E-state index is 10.1. The van der Waals surface area contributed by atoms with Crippen LogP contribution in [-0.2, 0) is 9.53 Å². The van der Waals surface area contributed by atoms with Crippen LogP contribution in [0.3, 0.4) is 0 Å². The van der Waals surface area contributed by atoms with Crippen LogP contribution in [0.4, 0.5) is 0 Å². The first-order valence-electron chi connectivity index (χ1n) is 5.53. The molecule has 1 aliphatic rings. The molecule has 0 amide bonds. The first-order valence-corrected chi connectivity index (χ1v) is 5.53. The second-order valence-corrected chi connectivity index (χ2v) is 4.24. The zero-order valence-corrected chi connectivity index (χ0v) is 9.24. The molecule has 0 aromatic rings. The molecule has 1 rings (SSSR count). The van der Waals surface area contributed by atoms with Crippen molar-refractivity contribution in [1.29, 1.82) is 0 Å². The van der Waals surface area contributed by atoms with Crippen LogP contribution in [-0.4, -0.2) is 37.6 Å². The van der Waals surface area contributed by atoms with Crippen molar-refractivity contribution in [3.63, 3.8) is 0 Å². The predicted octanol–water partition coefficient (Wildman–Crippen LogP) is 1.67. The van der Waals surface area contributed by atoms with E-state index >= 15 is 0 Å². The van der Waals surface area contributed by atoms with Gasteiger partial charge in [-0.05, 0) is 32.4 Å². The number of carbonyl (C=O) groups is 1. The first-order chi connectivity index (χ1) is 6.77. The Morgan fingerprint density at radius 1 is 1.57 bits per heavy atom. The van der Waals surface area contributed by atoms with Crippen LogP contribution in [0.15, 0.2) is 0 Å². The van der Waals surface area contributed by atoms with Crippen LogP contribution in [0.25, 0.3) is 0 Å². The maximum Gasteiger partial charge on any atom is 0.293 e. The van der Waals surface area contributed by atoms with Gasteiger partial charge in [-0.15, -0.1) is 0 Å². The van der Waals surface area contributed by atoms with Crippen LogP contribution >= 0.6 is 0 Å². The van der Waals surface area contributed by atoms with E-state index in [2.05, 4.69) is 18.9 Å². The summed E-state index contributed by atoms with van der Waals surface area (Å²) in [6.07, 6.45) is 5.04. The van der Waals surface area contributed by atoms with E-state index < -0.39 is 0 Å². The van der Waals surface area contributed by atoms with Crippen molar-refractivity contribution in [3.8, 4) is 0 Å². The zero-order chi connectivity index (χ0) is 10.4. The van der Waals surface area contributed by atoms with Gasteiger partial charge in [-0.1, -0.05) is 19.8 Å². The first kappa shape index (κ1) is 11.5. The van der Waals surface area contributed by atoms with E-state index in [1.807, 2.05) is 0 Å². The molecule has 0 radical (unpaired) electrons. The van der Waals surface area contributed by atoms with Gasteiger partial charge in [-0.25, -0.2) is 0 Å². The second kappa shape index (κ2) is 6.02. The highest BCUT2D eigenvalue weighted by molar-refractivity contribution is 5.36. The lowest BCUT2D eigenvalue weighted by molar-refractivity contribution is -0.130. The minimum Gasteiger partial charge on any atom is -0.466 e. The molecule has 3 nitrogen and oxygen atoms in total. The quantitative estimate of drug-likeness (QED) is 0.631. The molecule has 0 bridgehead atoms. The number of nitrogens with zero attached hydrogens (tertiary/aromatic N) is 1. The SMILES string of the molecule is CCCC1CCN(C)C(COC=O)C1. The van der Waals surface area contributed by atoms with Crippen molar-refractivity contribution in [2.24, 2.45) is 5.92 Å². The van der Waals surface area contributed by atoms with Gasteiger partial charge in [0.25, 0.3) is 6.47 Å². The molecule has 0 aliphatic carbocycles. The summed E-state index contributed by atoms with van der Waals surface area (Å²) >= 11 is 0. The molecule has 0 saturated carbocycles. The van der Waals surface area contributed by atoms with Gasteiger partial charge in [0.1, 0.15) is 6.61 Å². The average molecular weight is 199 g/mol. The van der Waals surface area contributed by atoms with E-state index in [1.165, 1.54) is 25.7 Å². The van der Waals surface area contributed by atoms with Crippen LogP contribution in [0.1, 0.15) is 32.6 Å². The molecular weight excluding hydrogens is 178 g/mol. The summed E-state index contributed by atoms with van der Waals surface area (Å²) in [5, 5.41) is 0. The topological polar surface area (TPSA) is 29.5 Å². The van der Waals surface area contributed by atoms with Gasteiger partial charge in [-0.2, -0.15) is 0 Å². The van der Waals surface area contributed by atoms with E-state index in [4.69, 9.17) is 4.74 Å². The molecule has 2 unspecified atom stereocenters. The smallest absolute Gasteiger partial charge is 0.293 e. The summed E-state index contributed by atoms with van der Waals surface area (Å²) in [5.41, 5.74) is 0. The van der Waals surface area contributed by atoms with Crippen molar-refractivity contribution in [3.05, 3.63) is 0 Å². The molecule has 1 aliphatic heterocycles. The molecule has 0 aromatic carbocycles. The Bertz CT molecular complexity index is 173. The summed E-state index contributed by atoms with van der Waals surface area (Å²) in [4.78, 5) is 12.4. The van der Waals surface area contributed by atoms with Crippen molar-refractivity contribution in [1.82, 2.24) is 4.90 Å². The fraction of sp³-hybridized carbons (Fsp3) is 0.909. The summed E-state index contributed by atoms with van der Waals surface area (Å²) in [6.45, 7) is 4.48. The lowest BCUT2D eigenvalue weighted by Gasteiger charge is -2.36. The average Bonchev–Trinajstić information content (AvgIpc) is 2.19. The third-order valence-electron chi connectivity index (χ3n) is 3.17. The summed E-state index contributed by atoms with van der Waals surface area (Å²) < 4.78 is 4.85. The van der Waals surface area contributed by atoms with Gasteiger partial charge in [0.2, 0.25) is 0 Å². The van der Waals surface area contributed by atoms with E-state index in [0.717, 1.165) is 12.5 Å². The van der Waals surface area contributed by atoms with E-state index in [1.54, 1.807) is 0 Å². The van der Waals surface area contributed by atoms with Crippen molar-refractivity contribution in [2.75, 3.05) is 20.2 Å². The van der Waals surface area contributed by atoms with Gasteiger partial charge in [-0.3, -0.25) is 4.79 Å². The third-order valence-corrected chi connectivity index (χ3v) is 3.17. The molecule has 0 spiro atoms. The largest absolute Gasteiger partial charge is 0.466 e. The molecule has 1 heterocycles. The number of likely N-dealkylation sites (tertiary alicyclic amines) is 1. The standard InChI is InChI=1S/C11H21NO2/c1-3-4-10-5-6-12(2)11(7-10)8-14-9-13/h9-11H,3-8H2,1-2H3. The van der Waals surface area contributed by atoms with Gasteiger partial charge in [0.15, 0.2) is 0 Å². The van der Waals surface area contributed by atoms with E-state index in [0.29, 0.717) is 19.1 Å². The Morgan fingerprint density at radius 2 is 2.36 bits per heavy atom. The number of likely N-dealkylation sites (N-methyl/N-ethyl adjacent to an activating group) is 1. The van der Waals surface area contributed by atoms with Crippen molar-refractivity contribution < 1.29 is 9.53 Å². The monoisotopic (exact) mass is 199 g/mol. The highest BCUT2D eigenvalue weighted by Gasteiger charge is 2.25. The molecule has 0 N–H and O–H groups in total. The lowest BCUT2D eigenvalue weighted by atomic mass is 9.88. The number of ether oxygens (including phenoxy) is 1. The maximum atomic E-state index is 10.1. The van der Waals surface area contributed by atoms with E-state index in [-0.39, 0.29) is 0 Å². The minimum absolute atomic E-state index is 0.436. The number of carbonyl (C=O) groups excluding carboxylic acids is 1. The number of rotatable bonds is 5. The lowest BCUT2D eigenvalue weighted by Crippen LogP contribution is -2.42. The molecule has 0 aromatic heterocycles. The number of piperidine rings is 1. The van der Waals surface area contributed by atoms with E-state index in [9.17, 15) is 4.79 Å². The van der Waals surface area contributed by atoms with Gasteiger partial charge in [0, 0.05) is 6.04 Å². The minimum atomic E-state index is 0.436.